The van der Waals surface area contributed by atoms with E-state index in [2.05, 4.69) is 60.5 Å². The summed E-state index contributed by atoms with van der Waals surface area (Å²) in [5, 5.41) is 2.12. The van der Waals surface area contributed by atoms with Gasteiger partial charge in [-0.1, -0.05) is 27.7 Å². The summed E-state index contributed by atoms with van der Waals surface area (Å²) in [5.41, 5.74) is 0.0969. The molecule has 122 valence electrons. The van der Waals surface area contributed by atoms with Crippen molar-refractivity contribution in [1.82, 2.24) is 5.06 Å². The molecule has 0 radical (unpaired) electrons. The molecule has 2 unspecified atom stereocenters. The molecule has 0 aliphatic heterocycles. The normalized spacial score (nSPS) is 15.5. The molecule has 0 aromatic heterocycles. The second-order valence-electron chi connectivity index (χ2n) is 6.57. The molecule has 0 rings (SSSR count). The largest absolute Gasteiger partial charge is 0.358 e. The first-order chi connectivity index (χ1) is 9.09. The molecule has 0 aromatic carbocycles. The molecular weight excluding hydrogens is 277 g/mol. The van der Waals surface area contributed by atoms with Crippen molar-refractivity contribution in [3.8, 4) is 0 Å². The van der Waals surface area contributed by atoms with E-state index >= 15 is 0 Å². The number of hydroxylamine groups is 2. The molecule has 0 heterocycles. The van der Waals surface area contributed by atoms with Gasteiger partial charge in [0.15, 0.2) is 0 Å². The van der Waals surface area contributed by atoms with E-state index < -0.39 is 8.15 Å². The van der Waals surface area contributed by atoms with E-state index in [1.165, 1.54) is 0 Å². The van der Waals surface area contributed by atoms with E-state index in [0.29, 0.717) is 5.78 Å². The van der Waals surface area contributed by atoms with Gasteiger partial charge in [-0.25, -0.2) is 0 Å². The average molecular weight is 309 g/mol. The molecule has 0 amide bonds. The van der Waals surface area contributed by atoms with Crippen molar-refractivity contribution in [2.75, 3.05) is 19.9 Å². The highest BCUT2D eigenvalue weighted by Gasteiger charge is 2.42. The first-order valence-corrected chi connectivity index (χ1v) is 8.50. The Kier molecular flexibility index (Phi) is 10.8. The van der Waals surface area contributed by atoms with Crippen LogP contribution in [-0.4, -0.2) is 36.3 Å². The van der Waals surface area contributed by atoms with Gasteiger partial charge in [0.1, 0.15) is 0 Å². The van der Waals surface area contributed by atoms with Gasteiger partial charge in [-0.3, -0.25) is 0 Å². The second-order valence-corrected chi connectivity index (χ2v) is 8.78. The van der Waals surface area contributed by atoms with Crippen LogP contribution < -0.4 is 0 Å². The minimum absolute atomic E-state index is 0.0282. The van der Waals surface area contributed by atoms with E-state index in [0.717, 1.165) is 12.8 Å². The smallest absolute Gasteiger partial charge is 0.0847 e. The highest BCUT2D eigenvalue weighted by atomic mass is 31.1. The van der Waals surface area contributed by atoms with Crippen LogP contribution >= 0.6 is 8.15 Å². The first kappa shape index (κ1) is 22.2. The van der Waals surface area contributed by atoms with Gasteiger partial charge in [-0.15, -0.1) is 0 Å². The van der Waals surface area contributed by atoms with Gasteiger partial charge in [0.2, 0.25) is 0 Å². The van der Waals surface area contributed by atoms with Crippen molar-refractivity contribution in [1.29, 1.82) is 0 Å². The van der Waals surface area contributed by atoms with E-state index in [4.69, 9.17) is 19.3 Å². The number of nitrogens with zero attached hydrogens (tertiary/aromatic N) is 1. The maximum absolute atomic E-state index is 7.00. The highest BCUT2D eigenvalue weighted by Crippen LogP contribution is 2.52. The zero-order valence-corrected chi connectivity index (χ0v) is 15.4. The van der Waals surface area contributed by atoms with Crippen molar-refractivity contribution < 1.29 is 9.36 Å². The highest BCUT2D eigenvalue weighted by molar-refractivity contribution is 7.53. The lowest BCUT2D eigenvalue weighted by Gasteiger charge is -2.47. The Bertz CT molecular complexity index is 251. The van der Waals surface area contributed by atoms with Crippen LogP contribution in [0.1, 0.15) is 55.4 Å². The first-order valence-electron chi connectivity index (χ1n) is 6.99. The van der Waals surface area contributed by atoms with Gasteiger partial charge >= 0.3 is 0 Å². The van der Waals surface area contributed by atoms with Crippen molar-refractivity contribution in [3.63, 3.8) is 0 Å². The topological polar surface area (TPSA) is 55.8 Å². The number of rotatable bonds is 6. The Morgan fingerprint density at radius 2 is 1.50 bits per heavy atom. The fourth-order valence-electron chi connectivity index (χ4n) is 2.14. The lowest BCUT2D eigenvalue weighted by Crippen LogP contribution is -2.52. The third-order valence-electron chi connectivity index (χ3n) is 2.73. The molecule has 0 N–H and O–H groups in total. The van der Waals surface area contributed by atoms with Crippen molar-refractivity contribution in [2.45, 2.75) is 66.7 Å². The van der Waals surface area contributed by atoms with Crippen LogP contribution in [0.5, 0.6) is 0 Å². The van der Waals surface area contributed by atoms with Crippen molar-refractivity contribution >= 4 is 8.15 Å². The third-order valence-corrected chi connectivity index (χ3v) is 5.48. The summed E-state index contributed by atoms with van der Waals surface area (Å²) in [4.78, 5) is 19.7. The van der Waals surface area contributed by atoms with Gasteiger partial charge < -0.3 is 9.36 Å². The lowest BCUT2D eigenvalue weighted by atomic mass is 9.94. The molecule has 0 aliphatic rings. The Hall–Kier alpha value is -0.0900. The van der Waals surface area contributed by atoms with Crippen LogP contribution in [0.15, 0.2) is 0 Å². The minimum atomic E-state index is -0.519. The van der Waals surface area contributed by atoms with Crippen LogP contribution in [0.2, 0.25) is 0 Å². The summed E-state index contributed by atoms with van der Waals surface area (Å²) in [6.07, 6.45) is 1.06. The number of hydrogen-bond donors (Lipinski definition) is 0. The average Bonchev–Trinajstić information content (AvgIpc) is 2.33. The molecule has 6 heteroatoms. The third kappa shape index (κ3) is 7.07. The molecular formula is C14H32NO4P. The zero-order chi connectivity index (χ0) is 16.6. The predicted molar refractivity (Wildman–Crippen MR) is 87.7 cm³/mol. The quantitative estimate of drug-likeness (QED) is 0.532. The molecule has 0 aliphatic carbocycles. The van der Waals surface area contributed by atoms with Crippen LogP contribution in [-0.2, 0) is 9.36 Å². The van der Waals surface area contributed by atoms with Crippen LogP contribution in [0.4, 0.5) is 0 Å². The maximum Gasteiger partial charge on any atom is 0.0847 e. The molecule has 5 nitrogen and oxygen atoms in total. The second kappa shape index (κ2) is 9.78. The van der Waals surface area contributed by atoms with Gasteiger partial charge in [-0.05, 0) is 39.3 Å². The SMILES string of the molecule is CCOP(CC)C(N(OC)C(C)(C)C)C(C)(C)C.O=O. The summed E-state index contributed by atoms with van der Waals surface area (Å²) < 4.78 is 6.00. The van der Waals surface area contributed by atoms with Gasteiger partial charge in [0.25, 0.3) is 0 Å². The van der Waals surface area contributed by atoms with Crippen LogP contribution in [0.25, 0.3) is 0 Å². The Labute approximate surface area is 125 Å². The molecule has 2 atom stereocenters. The maximum atomic E-state index is 7.00. The summed E-state index contributed by atoms with van der Waals surface area (Å²) in [5.74, 6) is 0.294. The predicted octanol–water partition coefficient (Wildman–Crippen LogP) is 4.54. The molecule has 0 fully saturated rings. The molecule has 0 spiro atoms. The summed E-state index contributed by atoms with van der Waals surface area (Å²) >= 11 is 0. The molecule has 0 bridgehead atoms. The lowest BCUT2D eigenvalue weighted by molar-refractivity contribution is -0.213. The number of hydrogen-bond acceptors (Lipinski definition) is 5. The fourth-order valence-corrected chi connectivity index (χ4v) is 4.68. The fraction of sp³-hybridized carbons (Fsp3) is 1.00. The van der Waals surface area contributed by atoms with Crippen LogP contribution in [0.3, 0.4) is 0 Å². The van der Waals surface area contributed by atoms with Crippen molar-refractivity contribution in [3.05, 3.63) is 9.93 Å². The summed E-state index contributed by atoms with van der Waals surface area (Å²) in [6.45, 7) is 18.4. The van der Waals surface area contributed by atoms with E-state index in [1.54, 1.807) is 7.11 Å². The Morgan fingerprint density at radius 1 is 1.05 bits per heavy atom. The van der Waals surface area contributed by atoms with E-state index in [1.807, 2.05) is 0 Å². The summed E-state index contributed by atoms with van der Waals surface area (Å²) in [7, 11) is 1.24. The Balaban J connectivity index is 0. The standard InChI is InChI=1S/C14H32NO2P.O2/c1-10-17-18(11-2)12(13(3,4)5)15(16-9)14(6,7)8;1-2/h12H,10-11H2,1-9H3;. The Morgan fingerprint density at radius 3 is 1.70 bits per heavy atom. The molecule has 20 heavy (non-hydrogen) atoms. The van der Waals surface area contributed by atoms with Crippen LogP contribution in [0, 0.1) is 15.3 Å². The van der Waals surface area contributed by atoms with Gasteiger partial charge in [0, 0.05) is 30.2 Å². The molecule has 0 saturated carbocycles. The monoisotopic (exact) mass is 309 g/mol. The molecule has 0 aromatic rings. The minimum Gasteiger partial charge on any atom is -0.358 e. The molecule has 0 saturated heterocycles. The summed E-state index contributed by atoms with van der Waals surface area (Å²) in [6, 6.07) is 0. The van der Waals surface area contributed by atoms with E-state index in [9.17, 15) is 0 Å². The zero-order valence-electron chi connectivity index (χ0n) is 14.5. The van der Waals surface area contributed by atoms with Gasteiger partial charge in [-0.2, -0.15) is 5.06 Å². The van der Waals surface area contributed by atoms with E-state index in [-0.39, 0.29) is 11.0 Å². The van der Waals surface area contributed by atoms with Crippen molar-refractivity contribution in [2.24, 2.45) is 5.41 Å². The van der Waals surface area contributed by atoms with Gasteiger partial charge in [0.05, 0.1) is 12.9 Å².